The Morgan fingerprint density at radius 1 is 1.25 bits per heavy atom. The molecule has 0 aromatic heterocycles. The smallest absolute Gasteiger partial charge is 0.405 e. The summed E-state index contributed by atoms with van der Waals surface area (Å²) in [5.74, 6) is -0.191. The van der Waals surface area contributed by atoms with Gasteiger partial charge in [0.1, 0.15) is 5.75 Å². The van der Waals surface area contributed by atoms with E-state index in [-0.39, 0.29) is 11.2 Å². The van der Waals surface area contributed by atoms with E-state index < -0.39 is 6.36 Å². The van der Waals surface area contributed by atoms with Crippen LogP contribution < -0.4 is 10.1 Å². The molecule has 0 radical (unpaired) electrons. The Morgan fingerprint density at radius 3 is 2.55 bits per heavy atom. The van der Waals surface area contributed by atoms with Crippen molar-refractivity contribution in [3.05, 3.63) is 34.3 Å². The Bertz CT molecular complexity index is 564. The number of nitrogens with one attached hydrogen (secondary N) is 1. The molecule has 0 bridgehead atoms. The summed E-state index contributed by atoms with van der Waals surface area (Å²) in [5.41, 5.74) is 2.12. The van der Waals surface area contributed by atoms with Crippen LogP contribution in [0.4, 0.5) is 13.2 Å². The minimum absolute atomic E-state index is 0.191. The number of halogens is 4. The molecule has 108 valence electrons. The zero-order valence-electron chi connectivity index (χ0n) is 10.6. The maximum atomic E-state index is 12.4. The molecule has 0 saturated carbocycles. The molecule has 0 unspecified atom stereocenters. The molecule has 0 atom stereocenters. The summed E-state index contributed by atoms with van der Waals surface area (Å²) in [6.07, 6.45) is -0.524. The predicted molar refractivity (Wildman–Crippen MR) is 73.3 cm³/mol. The molecule has 1 N–H and O–H groups in total. The lowest BCUT2D eigenvalue weighted by atomic mass is 9.82. The second kappa shape index (κ2) is 4.77. The molecule has 1 fully saturated rings. The minimum atomic E-state index is -4.68. The summed E-state index contributed by atoms with van der Waals surface area (Å²) in [5, 5.41) is 3.24. The van der Waals surface area contributed by atoms with Gasteiger partial charge in [-0.3, -0.25) is 0 Å². The molecular formula is C14H13BrF3NO. The van der Waals surface area contributed by atoms with Crippen LogP contribution in [-0.2, 0) is 0 Å². The summed E-state index contributed by atoms with van der Waals surface area (Å²) < 4.78 is 41.4. The Morgan fingerprint density at radius 2 is 2.00 bits per heavy atom. The van der Waals surface area contributed by atoms with E-state index in [0.717, 1.165) is 37.1 Å². The SMILES string of the molecule is FC(F)(F)Oc1cc(C2=CC3(CC2)CNC3)ccc1Br. The van der Waals surface area contributed by atoms with E-state index in [9.17, 15) is 13.2 Å². The molecule has 1 aromatic carbocycles. The summed E-state index contributed by atoms with van der Waals surface area (Å²) >= 11 is 3.08. The van der Waals surface area contributed by atoms with Crippen LogP contribution in [0.25, 0.3) is 5.57 Å². The van der Waals surface area contributed by atoms with Gasteiger partial charge in [0.25, 0.3) is 0 Å². The van der Waals surface area contributed by atoms with Crippen LogP contribution in [0.1, 0.15) is 18.4 Å². The zero-order valence-corrected chi connectivity index (χ0v) is 12.1. The number of ether oxygens (including phenoxy) is 1. The molecule has 1 saturated heterocycles. The quantitative estimate of drug-likeness (QED) is 0.868. The third-order valence-electron chi connectivity index (χ3n) is 3.85. The van der Waals surface area contributed by atoms with Crippen molar-refractivity contribution in [1.29, 1.82) is 0 Å². The molecule has 3 rings (SSSR count). The van der Waals surface area contributed by atoms with Gasteiger partial charge in [-0.1, -0.05) is 12.1 Å². The average molecular weight is 348 g/mol. The second-order valence-electron chi connectivity index (χ2n) is 5.33. The van der Waals surface area contributed by atoms with Gasteiger partial charge in [-0.15, -0.1) is 13.2 Å². The first kappa shape index (κ1) is 13.9. The second-order valence-corrected chi connectivity index (χ2v) is 6.18. The van der Waals surface area contributed by atoms with E-state index in [2.05, 4.69) is 32.1 Å². The molecule has 1 spiro atoms. The van der Waals surface area contributed by atoms with Gasteiger partial charge in [0.2, 0.25) is 0 Å². The van der Waals surface area contributed by atoms with Crippen LogP contribution in [0.15, 0.2) is 28.7 Å². The number of hydrogen-bond acceptors (Lipinski definition) is 2. The molecule has 1 aliphatic carbocycles. The van der Waals surface area contributed by atoms with Crippen LogP contribution in [0, 0.1) is 5.41 Å². The van der Waals surface area contributed by atoms with Crippen molar-refractivity contribution in [2.45, 2.75) is 19.2 Å². The van der Waals surface area contributed by atoms with Gasteiger partial charge in [-0.2, -0.15) is 0 Å². The highest BCUT2D eigenvalue weighted by atomic mass is 79.9. The molecule has 1 heterocycles. The first-order valence-electron chi connectivity index (χ1n) is 6.35. The molecule has 2 aliphatic rings. The van der Waals surface area contributed by atoms with Crippen molar-refractivity contribution in [2.75, 3.05) is 13.1 Å². The predicted octanol–water partition coefficient (Wildman–Crippen LogP) is 4.11. The van der Waals surface area contributed by atoms with Gasteiger partial charge in [0.05, 0.1) is 4.47 Å². The van der Waals surface area contributed by atoms with Crippen LogP contribution in [0.3, 0.4) is 0 Å². The molecule has 2 nitrogen and oxygen atoms in total. The molecule has 20 heavy (non-hydrogen) atoms. The summed E-state index contributed by atoms with van der Waals surface area (Å²) in [7, 11) is 0. The average Bonchev–Trinajstić information content (AvgIpc) is 2.75. The number of rotatable bonds is 2. The molecular weight excluding hydrogens is 335 g/mol. The van der Waals surface area contributed by atoms with Gasteiger partial charge in [0, 0.05) is 18.5 Å². The van der Waals surface area contributed by atoms with E-state index in [1.54, 1.807) is 6.07 Å². The Hall–Kier alpha value is -1.01. The van der Waals surface area contributed by atoms with Crippen molar-refractivity contribution >= 4 is 21.5 Å². The Labute approximate surface area is 123 Å². The summed E-state index contributed by atoms with van der Waals surface area (Å²) in [6, 6.07) is 4.88. The topological polar surface area (TPSA) is 21.3 Å². The largest absolute Gasteiger partial charge is 0.573 e. The van der Waals surface area contributed by atoms with Crippen LogP contribution >= 0.6 is 15.9 Å². The van der Waals surface area contributed by atoms with Crippen molar-refractivity contribution in [3.8, 4) is 5.75 Å². The summed E-state index contributed by atoms with van der Waals surface area (Å²) in [6.45, 7) is 1.91. The highest BCUT2D eigenvalue weighted by Crippen LogP contribution is 2.44. The van der Waals surface area contributed by atoms with E-state index in [0.29, 0.717) is 4.47 Å². The highest BCUT2D eigenvalue weighted by molar-refractivity contribution is 9.10. The van der Waals surface area contributed by atoms with Gasteiger partial charge in [0.15, 0.2) is 0 Å². The maximum Gasteiger partial charge on any atom is 0.573 e. The standard InChI is InChI=1S/C14H13BrF3NO/c15-11-2-1-9(5-12(11)20-14(16,17)18)10-3-4-13(6-10)7-19-8-13/h1-2,5-6,19H,3-4,7-8H2. The third-order valence-corrected chi connectivity index (χ3v) is 4.51. The molecule has 6 heteroatoms. The molecule has 1 aromatic rings. The van der Waals surface area contributed by atoms with Crippen LogP contribution in [-0.4, -0.2) is 19.5 Å². The van der Waals surface area contributed by atoms with Crippen molar-refractivity contribution in [1.82, 2.24) is 5.32 Å². The monoisotopic (exact) mass is 347 g/mol. The fraction of sp³-hybridized carbons (Fsp3) is 0.429. The Balaban J connectivity index is 1.88. The maximum absolute atomic E-state index is 12.4. The van der Waals surface area contributed by atoms with E-state index >= 15 is 0 Å². The number of allylic oxidation sites excluding steroid dienone is 1. The van der Waals surface area contributed by atoms with Crippen molar-refractivity contribution < 1.29 is 17.9 Å². The van der Waals surface area contributed by atoms with E-state index in [4.69, 9.17) is 0 Å². The van der Waals surface area contributed by atoms with Gasteiger partial charge in [-0.25, -0.2) is 0 Å². The highest BCUT2D eigenvalue weighted by Gasteiger charge is 2.39. The van der Waals surface area contributed by atoms with Gasteiger partial charge < -0.3 is 10.1 Å². The summed E-state index contributed by atoms with van der Waals surface area (Å²) in [4.78, 5) is 0. The van der Waals surface area contributed by atoms with E-state index in [1.807, 2.05) is 6.07 Å². The Kier molecular flexibility index (Phi) is 3.33. The normalized spacial score (nSPS) is 20.7. The molecule has 1 aliphatic heterocycles. The van der Waals surface area contributed by atoms with Crippen LogP contribution in [0.5, 0.6) is 5.75 Å². The minimum Gasteiger partial charge on any atom is -0.405 e. The van der Waals surface area contributed by atoms with Crippen molar-refractivity contribution in [3.63, 3.8) is 0 Å². The number of benzene rings is 1. The van der Waals surface area contributed by atoms with Crippen LogP contribution in [0.2, 0.25) is 0 Å². The lowest BCUT2D eigenvalue weighted by Gasteiger charge is -2.37. The molecule has 0 amide bonds. The fourth-order valence-corrected chi connectivity index (χ4v) is 3.08. The van der Waals surface area contributed by atoms with Crippen molar-refractivity contribution in [2.24, 2.45) is 5.41 Å². The zero-order chi connectivity index (χ0) is 14.4. The van der Waals surface area contributed by atoms with E-state index in [1.165, 1.54) is 6.07 Å². The number of alkyl halides is 3. The fourth-order valence-electron chi connectivity index (χ4n) is 2.76. The number of hydrogen-bond donors (Lipinski definition) is 1. The lowest BCUT2D eigenvalue weighted by molar-refractivity contribution is -0.274. The van der Waals surface area contributed by atoms with Gasteiger partial charge in [-0.05, 0) is 52.0 Å². The first-order chi connectivity index (χ1) is 9.37. The first-order valence-corrected chi connectivity index (χ1v) is 7.14. The lowest BCUT2D eigenvalue weighted by Crippen LogP contribution is -2.50. The third kappa shape index (κ3) is 2.72. The van der Waals surface area contributed by atoms with Gasteiger partial charge >= 0.3 is 6.36 Å².